The highest BCUT2D eigenvalue weighted by molar-refractivity contribution is 5.90. The average Bonchev–Trinajstić information content (AvgIpc) is 2.53. The summed E-state index contributed by atoms with van der Waals surface area (Å²) in [4.78, 5) is 16.1. The Kier molecular flexibility index (Phi) is 3.50. The third-order valence-corrected chi connectivity index (χ3v) is 2.86. The van der Waals surface area contributed by atoms with E-state index in [1.165, 1.54) is 0 Å². The average molecular weight is 271 g/mol. The summed E-state index contributed by atoms with van der Waals surface area (Å²) in [5.41, 5.74) is 1.14. The first-order valence-electron chi connectivity index (χ1n) is 6.29. The van der Waals surface area contributed by atoms with E-state index in [4.69, 9.17) is 14.2 Å². The van der Waals surface area contributed by atoms with Crippen LogP contribution in [0.1, 0.15) is 16.1 Å². The Morgan fingerprint density at radius 3 is 2.80 bits per heavy atom. The molecule has 2 aromatic rings. The van der Waals surface area contributed by atoms with Gasteiger partial charge in [0.15, 0.2) is 11.5 Å². The number of fused-ring (bicyclic) bond motifs is 1. The number of hydrogen-bond donors (Lipinski definition) is 0. The number of esters is 1. The van der Waals surface area contributed by atoms with Crippen LogP contribution in [0.5, 0.6) is 11.5 Å². The molecule has 1 aromatic carbocycles. The van der Waals surface area contributed by atoms with Crippen LogP contribution in [0, 0.1) is 0 Å². The highest BCUT2D eigenvalue weighted by Gasteiger charge is 2.15. The number of carbonyl (C=O) groups excluding carboxylic acids is 1. The zero-order chi connectivity index (χ0) is 13.8. The topological polar surface area (TPSA) is 57.7 Å². The van der Waals surface area contributed by atoms with Crippen LogP contribution in [0.2, 0.25) is 0 Å². The van der Waals surface area contributed by atoms with Gasteiger partial charge >= 0.3 is 5.97 Å². The minimum absolute atomic E-state index is 0.147. The summed E-state index contributed by atoms with van der Waals surface area (Å²) < 4.78 is 16.0. The van der Waals surface area contributed by atoms with Gasteiger partial charge in [-0.05, 0) is 30.3 Å². The Morgan fingerprint density at radius 2 is 2.00 bits per heavy atom. The van der Waals surface area contributed by atoms with Crippen molar-refractivity contribution >= 4 is 5.97 Å². The van der Waals surface area contributed by atoms with E-state index >= 15 is 0 Å². The number of carbonyl (C=O) groups is 1. The van der Waals surface area contributed by atoms with Crippen LogP contribution in [0.3, 0.4) is 0 Å². The minimum atomic E-state index is -0.410. The van der Waals surface area contributed by atoms with Crippen molar-refractivity contribution in [2.24, 2.45) is 0 Å². The summed E-state index contributed by atoms with van der Waals surface area (Å²) in [6, 6.07) is 10.5. The third kappa shape index (κ3) is 2.71. The van der Waals surface area contributed by atoms with Crippen LogP contribution >= 0.6 is 0 Å². The van der Waals surface area contributed by atoms with E-state index in [-0.39, 0.29) is 6.61 Å². The fourth-order valence-electron chi connectivity index (χ4n) is 1.88. The van der Waals surface area contributed by atoms with Gasteiger partial charge in [0.1, 0.15) is 19.8 Å². The molecule has 0 amide bonds. The van der Waals surface area contributed by atoms with E-state index in [2.05, 4.69) is 4.98 Å². The second-order valence-corrected chi connectivity index (χ2v) is 4.26. The summed E-state index contributed by atoms with van der Waals surface area (Å²) in [6.45, 7) is 1.16. The van der Waals surface area contributed by atoms with E-state index in [9.17, 15) is 4.79 Å². The van der Waals surface area contributed by atoms with Crippen LogP contribution in [-0.2, 0) is 11.3 Å². The molecule has 2 heterocycles. The zero-order valence-corrected chi connectivity index (χ0v) is 10.7. The smallest absolute Gasteiger partial charge is 0.338 e. The molecule has 1 aliphatic rings. The number of ether oxygens (including phenoxy) is 3. The highest BCUT2D eigenvalue weighted by Crippen LogP contribution is 2.30. The molecular weight excluding hydrogens is 258 g/mol. The van der Waals surface area contributed by atoms with Crippen LogP contribution in [0.4, 0.5) is 0 Å². The summed E-state index contributed by atoms with van der Waals surface area (Å²) >= 11 is 0. The SMILES string of the molecule is O=C(OCc1ccccn1)c1ccc2c(c1)OCCO2. The first kappa shape index (κ1) is 12.5. The van der Waals surface area contributed by atoms with Crippen molar-refractivity contribution in [3.63, 3.8) is 0 Å². The molecule has 0 atom stereocenters. The van der Waals surface area contributed by atoms with Gasteiger partial charge in [0.2, 0.25) is 0 Å². The number of hydrogen-bond acceptors (Lipinski definition) is 5. The normalized spacial score (nSPS) is 12.8. The van der Waals surface area contributed by atoms with Crippen molar-refractivity contribution in [1.29, 1.82) is 0 Å². The summed E-state index contributed by atoms with van der Waals surface area (Å²) in [5.74, 6) is 0.814. The lowest BCUT2D eigenvalue weighted by Crippen LogP contribution is -2.16. The Morgan fingerprint density at radius 1 is 1.15 bits per heavy atom. The Balaban J connectivity index is 1.68. The van der Waals surface area contributed by atoms with Crippen LogP contribution in [-0.4, -0.2) is 24.2 Å². The van der Waals surface area contributed by atoms with Gasteiger partial charge in [-0.25, -0.2) is 4.79 Å². The number of pyridine rings is 1. The van der Waals surface area contributed by atoms with Crippen LogP contribution in [0.25, 0.3) is 0 Å². The lowest BCUT2D eigenvalue weighted by molar-refractivity contribution is 0.0466. The molecular formula is C15H13NO4. The second-order valence-electron chi connectivity index (χ2n) is 4.26. The molecule has 0 aliphatic carbocycles. The first-order valence-corrected chi connectivity index (χ1v) is 6.29. The molecule has 0 radical (unpaired) electrons. The van der Waals surface area contributed by atoms with Crippen molar-refractivity contribution in [3.05, 3.63) is 53.9 Å². The lowest BCUT2D eigenvalue weighted by Gasteiger charge is -2.18. The van der Waals surface area contributed by atoms with Gasteiger partial charge in [0.05, 0.1) is 11.3 Å². The molecule has 0 fully saturated rings. The molecule has 5 nitrogen and oxygen atoms in total. The summed E-state index contributed by atoms with van der Waals surface area (Å²) in [6.07, 6.45) is 1.66. The molecule has 5 heteroatoms. The molecule has 0 N–H and O–H groups in total. The predicted molar refractivity (Wildman–Crippen MR) is 70.8 cm³/mol. The van der Waals surface area contributed by atoms with Crippen molar-refractivity contribution in [2.75, 3.05) is 13.2 Å². The van der Waals surface area contributed by atoms with E-state index in [0.29, 0.717) is 36.0 Å². The molecule has 1 aromatic heterocycles. The first-order chi connectivity index (χ1) is 9.83. The molecule has 0 saturated carbocycles. The molecule has 102 valence electrons. The minimum Gasteiger partial charge on any atom is -0.486 e. The van der Waals surface area contributed by atoms with Gasteiger partial charge in [-0.1, -0.05) is 6.07 Å². The number of aromatic nitrogens is 1. The van der Waals surface area contributed by atoms with E-state index in [1.807, 2.05) is 12.1 Å². The van der Waals surface area contributed by atoms with Crippen molar-refractivity contribution in [2.45, 2.75) is 6.61 Å². The zero-order valence-electron chi connectivity index (χ0n) is 10.7. The Bertz CT molecular complexity index is 613. The predicted octanol–water partition coefficient (Wildman–Crippen LogP) is 2.21. The second kappa shape index (κ2) is 5.61. The maximum Gasteiger partial charge on any atom is 0.338 e. The number of rotatable bonds is 3. The highest BCUT2D eigenvalue weighted by atomic mass is 16.6. The van der Waals surface area contributed by atoms with Gasteiger partial charge in [0.25, 0.3) is 0 Å². The molecule has 20 heavy (non-hydrogen) atoms. The van der Waals surface area contributed by atoms with Gasteiger partial charge in [-0.15, -0.1) is 0 Å². The van der Waals surface area contributed by atoms with E-state index in [1.54, 1.807) is 30.5 Å². The Hall–Kier alpha value is -2.56. The largest absolute Gasteiger partial charge is 0.486 e. The molecule has 1 aliphatic heterocycles. The lowest BCUT2D eigenvalue weighted by atomic mass is 10.2. The molecule has 0 unspecified atom stereocenters. The molecule has 3 rings (SSSR count). The van der Waals surface area contributed by atoms with Crippen LogP contribution < -0.4 is 9.47 Å². The summed E-state index contributed by atoms with van der Waals surface area (Å²) in [5, 5.41) is 0. The maximum atomic E-state index is 12.0. The molecule has 0 bridgehead atoms. The third-order valence-electron chi connectivity index (χ3n) is 2.86. The standard InChI is InChI=1S/C15H13NO4/c17-15(20-10-12-3-1-2-6-16-12)11-4-5-13-14(9-11)19-8-7-18-13/h1-6,9H,7-8,10H2. The Labute approximate surface area is 116 Å². The van der Waals surface area contributed by atoms with Gasteiger partial charge < -0.3 is 14.2 Å². The monoisotopic (exact) mass is 271 g/mol. The van der Waals surface area contributed by atoms with Crippen molar-refractivity contribution in [3.8, 4) is 11.5 Å². The van der Waals surface area contributed by atoms with E-state index < -0.39 is 5.97 Å². The number of nitrogens with zero attached hydrogens (tertiary/aromatic N) is 1. The molecule has 0 saturated heterocycles. The van der Waals surface area contributed by atoms with Gasteiger partial charge in [-0.2, -0.15) is 0 Å². The van der Waals surface area contributed by atoms with Crippen molar-refractivity contribution < 1.29 is 19.0 Å². The fraction of sp³-hybridized carbons (Fsp3) is 0.200. The quantitative estimate of drug-likeness (QED) is 0.801. The van der Waals surface area contributed by atoms with E-state index in [0.717, 1.165) is 0 Å². The summed E-state index contributed by atoms with van der Waals surface area (Å²) in [7, 11) is 0. The van der Waals surface area contributed by atoms with Crippen molar-refractivity contribution in [1.82, 2.24) is 4.98 Å². The maximum absolute atomic E-state index is 12.0. The van der Waals surface area contributed by atoms with Gasteiger partial charge in [0, 0.05) is 6.20 Å². The number of benzene rings is 1. The molecule has 0 spiro atoms. The van der Waals surface area contributed by atoms with Crippen LogP contribution in [0.15, 0.2) is 42.6 Å². The van der Waals surface area contributed by atoms with Gasteiger partial charge in [-0.3, -0.25) is 4.98 Å². The fourth-order valence-corrected chi connectivity index (χ4v) is 1.88.